The van der Waals surface area contributed by atoms with Gasteiger partial charge in [0.25, 0.3) is 0 Å². The van der Waals surface area contributed by atoms with Gasteiger partial charge in [-0.1, -0.05) is 60.7 Å². The minimum absolute atomic E-state index is 0.271. The molecule has 27 heavy (non-hydrogen) atoms. The van der Waals surface area contributed by atoms with Gasteiger partial charge in [-0.05, 0) is 35.3 Å². The van der Waals surface area contributed by atoms with Crippen LogP contribution in [0.1, 0.15) is 32.1 Å². The number of nitrogens with zero attached hydrogens (tertiary/aromatic N) is 1. The van der Waals surface area contributed by atoms with E-state index in [2.05, 4.69) is 70.6 Å². The van der Waals surface area contributed by atoms with E-state index in [1.54, 1.807) is 11.3 Å². The summed E-state index contributed by atoms with van der Waals surface area (Å²) in [6.07, 6.45) is 0.948. The van der Waals surface area contributed by atoms with Crippen LogP contribution in [0.25, 0.3) is 10.2 Å². The molecule has 0 aliphatic carbocycles. The van der Waals surface area contributed by atoms with Crippen LogP contribution in [0.15, 0.2) is 60.7 Å². The van der Waals surface area contributed by atoms with Crippen LogP contribution in [-0.2, 0) is 6.42 Å². The number of aromatic amines is 1. The van der Waals surface area contributed by atoms with Gasteiger partial charge in [0.2, 0.25) is 0 Å². The summed E-state index contributed by atoms with van der Waals surface area (Å²) in [6.45, 7) is 0. The third kappa shape index (κ3) is 2.98. The molecule has 134 valence electrons. The summed E-state index contributed by atoms with van der Waals surface area (Å²) in [5.74, 6) is 0.632. The number of rotatable bonds is 2. The lowest BCUT2D eigenvalue weighted by Gasteiger charge is -2.30. The molecule has 3 heterocycles. The van der Waals surface area contributed by atoms with Gasteiger partial charge in [0.05, 0.1) is 10.6 Å². The maximum absolute atomic E-state index is 6.33. The predicted molar refractivity (Wildman–Crippen MR) is 118 cm³/mol. The molecule has 6 heteroatoms. The Balaban J connectivity index is 1.73. The molecule has 4 aromatic rings. The molecule has 2 aromatic heterocycles. The summed E-state index contributed by atoms with van der Waals surface area (Å²) in [5, 5.41) is 1.70. The van der Waals surface area contributed by atoms with E-state index in [-0.39, 0.29) is 5.25 Å². The van der Waals surface area contributed by atoms with Crippen molar-refractivity contribution in [3.8, 4) is 0 Å². The summed E-state index contributed by atoms with van der Waals surface area (Å²) < 4.78 is 0.446. The molecule has 0 unspecified atom stereocenters. The monoisotopic (exact) mass is 407 g/mol. The second-order valence-electron chi connectivity index (χ2n) is 6.61. The Morgan fingerprint density at radius 3 is 2.37 bits per heavy atom. The molecule has 3 N–H and O–H groups in total. The zero-order valence-electron chi connectivity index (χ0n) is 14.4. The molecule has 1 aliphatic heterocycles. The second-order valence-corrected chi connectivity index (χ2v) is 9.34. The third-order valence-corrected chi connectivity index (χ3v) is 8.02. The summed E-state index contributed by atoms with van der Waals surface area (Å²) >= 11 is 8.99. The van der Waals surface area contributed by atoms with Gasteiger partial charge in [-0.15, -0.1) is 23.1 Å². The number of fused-ring (bicyclic) bond motifs is 3. The van der Waals surface area contributed by atoms with Gasteiger partial charge in [-0.25, -0.2) is 4.98 Å². The summed E-state index contributed by atoms with van der Waals surface area (Å²) in [7, 11) is 0. The third-order valence-electron chi connectivity index (χ3n) is 4.94. The van der Waals surface area contributed by atoms with E-state index < -0.39 is 0 Å². The molecule has 5 rings (SSSR count). The molecule has 2 aromatic carbocycles. The van der Waals surface area contributed by atoms with Crippen LogP contribution in [0.3, 0.4) is 0 Å². The summed E-state index contributed by atoms with van der Waals surface area (Å²) in [6, 6.07) is 21.4. The number of aromatic nitrogens is 2. The largest absolute Gasteiger partial charge is 0.385 e. The maximum atomic E-state index is 6.33. The van der Waals surface area contributed by atoms with E-state index in [0.717, 1.165) is 16.6 Å². The highest BCUT2D eigenvalue weighted by molar-refractivity contribution is 8.00. The van der Waals surface area contributed by atoms with Crippen molar-refractivity contribution in [2.75, 3.05) is 5.73 Å². The molecule has 0 radical (unpaired) electrons. The standard InChI is InChI=1S/C21H17N3S3/c22-19-16-14-11-15(12-7-3-1-4-8-12)26-17(13-9-5-2-6-10-13)18(14)27-20(16)24-21(25)23-19/h1-10,15,17H,11H2,(H3,22,23,24,25)/t15-,17-/m1/s1. The van der Waals surface area contributed by atoms with Gasteiger partial charge in [-0.3, -0.25) is 0 Å². The van der Waals surface area contributed by atoms with Gasteiger partial charge < -0.3 is 10.7 Å². The minimum Gasteiger partial charge on any atom is -0.385 e. The molecule has 2 atom stereocenters. The van der Waals surface area contributed by atoms with E-state index in [0.29, 0.717) is 15.8 Å². The van der Waals surface area contributed by atoms with E-state index in [1.165, 1.54) is 21.6 Å². The fourth-order valence-electron chi connectivity index (χ4n) is 3.72. The van der Waals surface area contributed by atoms with Crippen molar-refractivity contribution < 1.29 is 0 Å². The minimum atomic E-state index is 0.271. The van der Waals surface area contributed by atoms with Crippen LogP contribution < -0.4 is 5.73 Å². The van der Waals surface area contributed by atoms with E-state index >= 15 is 0 Å². The van der Waals surface area contributed by atoms with Crippen LogP contribution in [-0.4, -0.2) is 9.97 Å². The van der Waals surface area contributed by atoms with Crippen molar-refractivity contribution in [2.24, 2.45) is 0 Å². The predicted octanol–water partition coefficient (Wildman–Crippen LogP) is 6.06. The van der Waals surface area contributed by atoms with E-state index in [9.17, 15) is 0 Å². The van der Waals surface area contributed by atoms with Crippen molar-refractivity contribution >= 4 is 51.4 Å². The molecular formula is C21H17N3S3. The molecule has 0 spiro atoms. The Hall–Kier alpha value is -2.15. The Bertz CT molecular complexity index is 1170. The highest BCUT2D eigenvalue weighted by Crippen LogP contribution is 2.55. The SMILES string of the molecule is Nc1[nH]c(=S)nc2sc3c(c12)C[C@H](c1ccccc1)S[C@@H]3c1ccccc1. The smallest absolute Gasteiger partial charge is 0.199 e. The van der Waals surface area contributed by atoms with Crippen molar-refractivity contribution in [2.45, 2.75) is 16.9 Å². The molecular weight excluding hydrogens is 390 g/mol. The average Bonchev–Trinajstić information content (AvgIpc) is 3.07. The maximum Gasteiger partial charge on any atom is 0.199 e. The van der Waals surface area contributed by atoms with Gasteiger partial charge in [0, 0.05) is 10.1 Å². The number of nitrogen functional groups attached to an aromatic ring is 1. The first-order valence-corrected chi connectivity index (χ1v) is 10.9. The Kier molecular flexibility index (Phi) is 4.27. The highest BCUT2D eigenvalue weighted by atomic mass is 32.2. The fourth-order valence-corrected chi connectivity index (χ4v) is 7.01. The highest BCUT2D eigenvalue weighted by Gasteiger charge is 2.33. The number of benzene rings is 2. The normalized spacial score (nSPS) is 19.1. The van der Waals surface area contributed by atoms with E-state index in [1.807, 2.05) is 11.8 Å². The molecule has 1 aliphatic rings. The van der Waals surface area contributed by atoms with Crippen LogP contribution in [0.4, 0.5) is 5.82 Å². The zero-order valence-corrected chi connectivity index (χ0v) is 16.8. The fraction of sp³-hybridized carbons (Fsp3) is 0.143. The van der Waals surface area contributed by atoms with Crippen LogP contribution in [0.2, 0.25) is 0 Å². The van der Waals surface area contributed by atoms with Crippen molar-refractivity contribution in [3.05, 3.63) is 87.0 Å². The lowest BCUT2D eigenvalue weighted by atomic mass is 9.98. The molecule has 0 saturated heterocycles. The first-order valence-electron chi connectivity index (χ1n) is 8.77. The van der Waals surface area contributed by atoms with Gasteiger partial charge in [0.15, 0.2) is 4.77 Å². The quantitative estimate of drug-likeness (QED) is 0.397. The first kappa shape index (κ1) is 17.0. The topological polar surface area (TPSA) is 54.7 Å². The molecule has 0 fully saturated rings. The van der Waals surface area contributed by atoms with Crippen molar-refractivity contribution in [1.82, 2.24) is 9.97 Å². The van der Waals surface area contributed by atoms with Gasteiger partial charge in [0.1, 0.15) is 10.6 Å². The molecule has 0 amide bonds. The summed E-state index contributed by atoms with van der Waals surface area (Å²) in [5.41, 5.74) is 10.3. The number of hydrogen-bond donors (Lipinski definition) is 2. The first-order chi connectivity index (χ1) is 13.2. The average molecular weight is 408 g/mol. The Labute approximate surface area is 170 Å². The number of hydrogen-bond acceptors (Lipinski definition) is 5. The van der Waals surface area contributed by atoms with Crippen LogP contribution in [0, 0.1) is 4.77 Å². The van der Waals surface area contributed by atoms with Gasteiger partial charge >= 0.3 is 0 Å². The Morgan fingerprint density at radius 2 is 1.67 bits per heavy atom. The molecule has 0 bridgehead atoms. The second kappa shape index (κ2) is 6.78. The number of H-pyrrole nitrogens is 1. The number of nitrogens with one attached hydrogen (secondary N) is 1. The van der Waals surface area contributed by atoms with Crippen LogP contribution in [0.5, 0.6) is 0 Å². The number of thioether (sulfide) groups is 1. The number of anilines is 1. The molecule has 0 saturated carbocycles. The molecule has 3 nitrogen and oxygen atoms in total. The lowest BCUT2D eigenvalue weighted by molar-refractivity contribution is 0.895. The lowest BCUT2D eigenvalue weighted by Crippen LogP contribution is -2.12. The van der Waals surface area contributed by atoms with E-state index in [4.69, 9.17) is 18.0 Å². The zero-order chi connectivity index (χ0) is 18.4. The van der Waals surface area contributed by atoms with Crippen molar-refractivity contribution in [3.63, 3.8) is 0 Å². The Morgan fingerprint density at radius 1 is 1.00 bits per heavy atom. The number of nitrogens with two attached hydrogens (primary N) is 1. The van der Waals surface area contributed by atoms with Crippen molar-refractivity contribution in [1.29, 1.82) is 0 Å². The van der Waals surface area contributed by atoms with Gasteiger partial charge in [-0.2, -0.15) is 0 Å². The summed E-state index contributed by atoms with van der Waals surface area (Å²) in [4.78, 5) is 9.89. The number of thiophene rings is 1. The van der Waals surface area contributed by atoms with Crippen LogP contribution >= 0.6 is 35.3 Å².